The van der Waals surface area contributed by atoms with Crippen LogP contribution in [0.2, 0.25) is 0 Å². The molecule has 0 aromatic carbocycles. The number of phosphoric ester groups is 1. The monoisotopic (exact) mass is 518 g/mol. The van der Waals surface area contributed by atoms with Gasteiger partial charge in [-0.1, -0.05) is 174 Å². The van der Waals surface area contributed by atoms with Crippen molar-refractivity contribution in [2.75, 3.05) is 6.61 Å². The van der Waals surface area contributed by atoms with E-state index in [1.54, 1.807) is 0 Å². The zero-order chi connectivity index (χ0) is 25.9. The maximum Gasteiger partial charge on any atom is 0.469 e. The maximum absolute atomic E-state index is 10.6. The Hall–Kier alpha value is 0.110. The first-order chi connectivity index (χ1) is 17.0. The quantitative estimate of drug-likeness (QED) is 0.0763. The molecule has 1 unspecified atom stereocenters. The summed E-state index contributed by atoms with van der Waals surface area (Å²) in [6.45, 7) is 4.78. The first-order valence-corrected chi connectivity index (χ1v) is 17.2. The molecule has 0 saturated heterocycles. The van der Waals surface area contributed by atoms with Gasteiger partial charge in [-0.25, -0.2) is 4.57 Å². The lowest BCUT2D eigenvalue weighted by Crippen LogP contribution is -2.01. The molecule has 0 aliphatic rings. The van der Waals surface area contributed by atoms with Gasteiger partial charge in [0.2, 0.25) is 0 Å². The van der Waals surface area contributed by atoms with Gasteiger partial charge in [0.05, 0.1) is 6.61 Å². The SMILES string of the molecule is CCCCCCCCCC(CCCCCCC)CCCCCCCCCCCCCOP(=O)(O)O. The smallest absolute Gasteiger partial charge is 0.303 e. The third-order valence-corrected chi connectivity index (χ3v) is 7.97. The zero-order valence-corrected chi connectivity index (χ0v) is 24.7. The van der Waals surface area contributed by atoms with Crippen molar-refractivity contribution in [1.29, 1.82) is 0 Å². The van der Waals surface area contributed by atoms with Crippen molar-refractivity contribution in [3.05, 3.63) is 0 Å². The summed E-state index contributed by atoms with van der Waals surface area (Å²) in [6.07, 6.45) is 35.3. The summed E-state index contributed by atoms with van der Waals surface area (Å²) in [7, 11) is -4.27. The normalized spacial score (nSPS) is 12.9. The summed E-state index contributed by atoms with van der Waals surface area (Å²) in [6, 6.07) is 0. The Balaban J connectivity index is 3.67. The Labute approximate surface area is 220 Å². The van der Waals surface area contributed by atoms with Crippen molar-refractivity contribution in [1.82, 2.24) is 0 Å². The van der Waals surface area contributed by atoms with E-state index in [4.69, 9.17) is 9.79 Å². The number of unbranched alkanes of at least 4 members (excludes halogenated alkanes) is 20. The molecule has 0 spiro atoms. The molecule has 35 heavy (non-hydrogen) atoms. The van der Waals surface area contributed by atoms with E-state index in [-0.39, 0.29) is 6.61 Å². The highest BCUT2D eigenvalue weighted by molar-refractivity contribution is 7.46. The van der Waals surface area contributed by atoms with Gasteiger partial charge in [-0.3, -0.25) is 4.52 Å². The van der Waals surface area contributed by atoms with Gasteiger partial charge in [-0.2, -0.15) is 0 Å². The molecule has 0 heterocycles. The molecule has 0 aromatic rings. The van der Waals surface area contributed by atoms with Gasteiger partial charge in [-0.05, 0) is 12.3 Å². The fourth-order valence-electron chi connectivity index (χ4n) is 5.17. The second-order valence-corrected chi connectivity index (χ2v) is 12.2. The molecule has 0 amide bonds. The fourth-order valence-corrected chi connectivity index (χ4v) is 5.54. The minimum Gasteiger partial charge on any atom is -0.303 e. The predicted octanol–water partition coefficient (Wildman–Crippen LogP) is 10.9. The highest BCUT2D eigenvalue weighted by atomic mass is 31.2. The van der Waals surface area contributed by atoms with E-state index in [0.717, 1.165) is 25.2 Å². The van der Waals surface area contributed by atoms with Crippen LogP contribution in [0.1, 0.15) is 181 Å². The van der Waals surface area contributed by atoms with Crippen LogP contribution in [0.15, 0.2) is 0 Å². The molecule has 0 rings (SSSR count). The van der Waals surface area contributed by atoms with Crippen LogP contribution in [0.3, 0.4) is 0 Å². The van der Waals surface area contributed by atoms with E-state index < -0.39 is 7.82 Å². The lowest BCUT2D eigenvalue weighted by Gasteiger charge is -2.17. The van der Waals surface area contributed by atoms with Crippen molar-refractivity contribution in [2.24, 2.45) is 5.92 Å². The Morgan fingerprint density at radius 3 is 1.09 bits per heavy atom. The van der Waals surface area contributed by atoms with Gasteiger partial charge >= 0.3 is 7.82 Å². The van der Waals surface area contributed by atoms with Gasteiger partial charge in [-0.15, -0.1) is 0 Å². The molecule has 0 aromatic heterocycles. The third kappa shape index (κ3) is 30.2. The molecule has 2 N–H and O–H groups in total. The lowest BCUT2D eigenvalue weighted by molar-refractivity contribution is 0.193. The summed E-state index contributed by atoms with van der Waals surface area (Å²) in [5.41, 5.74) is 0. The largest absolute Gasteiger partial charge is 0.469 e. The maximum atomic E-state index is 10.6. The molecular formula is C30H63O4P. The van der Waals surface area contributed by atoms with Crippen molar-refractivity contribution < 1.29 is 18.9 Å². The first-order valence-electron chi connectivity index (χ1n) is 15.7. The second kappa shape index (κ2) is 27.2. The molecular weight excluding hydrogens is 455 g/mol. The number of rotatable bonds is 29. The zero-order valence-electron chi connectivity index (χ0n) is 23.8. The molecule has 0 saturated carbocycles. The number of phosphoric acid groups is 1. The minimum absolute atomic E-state index is 0.170. The van der Waals surface area contributed by atoms with E-state index in [2.05, 4.69) is 18.4 Å². The van der Waals surface area contributed by atoms with Crippen molar-refractivity contribution in [3.8, 4) is 0 Å². The molecule has 5 heteroatoms. The summed E-state index contributed by atoms with van der Waals surface area (Å²) < 4.78 is 15.1. The highest BCUT2D eigenvalue weighted by Crippen LogP contribution is 2.35. The molecule has 4 nitrogen and oxygen atoms in total. The van der Waals surface area contributed by atoms with E-state index in [0.29, 0.717) is 0 Å². The van der Waals surface area contributed by atoms with Gasteiger partial charge < -0.3 is 9.79 Å². The van der Waals surface area contributed by atoms with Gasteiger partial charge in [0.1, 0.15) is 0 Å². The van der Waals surface area contributed by atoms with Crippen molar-refractivity contribution in [2.45, 2.75) is 181 Å². The average molecular weight is 519 g/mol. The van der Waals surface area contributed by atoms with Gasteiger partial charge in [0.15, 0.2) is 0 Å². The second-order valence-electron chi connectivity index (χ2n) is 11.0. The van der Waals surface area contributed by atoms with E-state index in [1.165, 1.54) is 148 Å². The highest BCUT2D eigenvalue weighted by Gasteiger charge is 2.12. The van der Waals surface area contributed by atoms with Crippen LogP contribution >= 0.6 is 7.82 Å². The Bertz CT molecular complexity index is 452. The van der Waals surface area contributed by atoms with Crippen LogP contribution in [-0.4, -0.2) is 16.4 Å². The molecule has 1 atom stereocenters. The van der Waals surface area contributed by atoms with E-state index in [9.17, 15) is 4.57 Å². The lowest BCUT2D eigenvalue weighted by atomic mass is 9.89. The van der Waals surface area contributed by atoms with Crippen LogP contribution in [0.5, 0.6) is 0 Å². The van der Waals surface area contributed by atoms with Crippen molar-refractivity contribution in [3.63, 3.8) is 0 Å². The Morgan fingerprint density at radius 1 is 0.486 bits per heavy atom. The predicted molar refractivity (Wildman–Crippen MR) is 153 cm³/mol. The topological polar surface area (TPSA) is 66.8 Å². The van der Waals surface area contributed by atoms with Gasteiger partial charge in [0.25, 0.3) is 0 Å². The number of hydrogen-bond acceptors (Lipinski definition) is 2. The van der Waals surface area contributed by atoms with Crippen LogP contribution < -0.4 is 0 Å². The summed E-state index contributed by atoms with van der Waals surface area (Å²) in [5, 5.41) is 0. The standard InChI is InChI=1S/C30H63O4P/c1-3-5-7-9-15-19-23-27-30(26-22-18-8-6-4-2)28-24-20-16-13-11-10-12-14-17-21-25-29-34-35(31,32)33/h30H,3-29H2,1-2H3,(H2,31,32,33). The molecule has 0 bridgehead atoms. The Morgan fingerprint density at radius 2 is 0.771 bits per heavy atom. The molecule has 0 aliphatic carbocycles. The van der Waals surface area contributed by atoms with Crippen LogP contribution in [0.25, 0.3) is 0 Å². The van der Waals surface area contributed by atoms with Crippen LogP contribution in [-0.2, 0) is 9.09 Å². The minimum atomic E-state index is -4.27. The van der Waals surface area contributed by atoms with Crippen LogP contribution in [0, 0.1) is 5.92 Å². The van der Waals surface area contributed by atoms with E-state index in [1.807, 2.05) is 0 Å². The molecule has 212 valence electrons. The summed E-state index contributed by atoms with van der Waals surface area (Å²) >= 11 is 0. The molecule has 0 radical (unpaired) electrons. The Kier molecular flexibility index (Phi) is 27.2. The summed E-state index contributed by atoms with van der Waals surface area (Å²) in [5.74, 6) is 0.986. The average Bonchev–Trinajstić information content (AvgIpc) is 2.82. The third-order valence-electron chi connectivity index (χ3n) is 7.45. The molecule has 0 fully saturated rings. The van der Waals surface area contributed by atoms with Crippen LogP contribution in [0.4, 0.5) is 0 Å². The van der Waals surface area contributed by atoms with Gasteiger partial charge in [0, 0.05) is 0 Å². The number of hydrogen-bond donors (Lipinski definition) is 2. The van der Waals surface area contributed by atoms with E-state index >= 15 is 0 Å². The fraction of sp³-hybridized carbons (Fsp3) is 1.00. The first kappa shape index (κ1) is 35.1. The summed E-state index contributed by atoms with van der Waals surface area (Å²) in [4.78, 5) is 17.3. The molecule has 0 aliphatic heterocycles. The van der Waals surface area contributed by atoms with Crippen molar-refractivity contribution >= 4 is 7.82 Å².